The number of amides is 2. The first-order valence-electron chi connectivity index (χ1n) is 8.77. The van der Waals surface area contributed by atoms with Crippen molar-refractivity contribution in [1.29, 1.82) is 0 Å². The fourth-order valence-corrected chi connectivity index (χ4v) is 4.09. The highest BCUT2D eigenvalue weighted by atomic mass is 35.5. The van der Waals surface area contributed by atoms with Gasteiger partial charge in [-0.1, -0.05) is 35.9 Å². The van der Waals surface area contributed by atoms with Crippen molar-refractivity contribution in [1.82, 2.24) is 14.7 Å². The van der Waals surface area contributed by atoms with E-state index < -0.39 is 0 Å². The minimum Gasteiger partial charge on any atom is -0.322 e. The summed E-state index contributed by atoms with van der Waals surface area (Å²) in [6.45, 7) is 5.73. The molecule has 0 radical (unpaired) electrons. The van der Waals surface area contributed by atoms with Crippen molar-refractivity contribution in [3.63, 3.8) is 0 Å². The summed E-state index contributed by atoms with van der Waals surface area (Å²) in [7, 11) is 2.15. The quantitative estimate of drug-likeness (QED) is 0.851. The van der Waals surface area contributed by atoms with Gasteiger partial charge in [-0.2, -0.15) is 0 Å². The van der Waals surface area contributed by atoms with Crippen LogP contribution in [0.2, 0.25) is 5.02 Å². The number of anilines is 1. The highest BCUT2D eigenvalue weighted by molar-refractivity contribution is 6.36. The second-order valence-electron chi connectivity index (χ2n) is 6.97. The van der Waals surface area contributed by atoms with Crippen LogP contribution in [-0.4, -0.2) is 73.1 Å². The molecule has 2 aromatic carbocycles. The zero-order valence-electron chi connectivity index (χ0n) is 14.4. The maximum absolute atomic E-state index is 12.8. The van der Waals surface area contributed by atoms with Crippen LogP contribution in [0.15, 0.2) is 36.4 Å². The SMILES string of the molecule is CN1CCN2CCN(C(=O)Nc3ccc(Cl)c4ccccc34)C[C@H]2C1. The molecule has 2 saturated heterocycles. The molecule has 0 spiro atoms. The summed E-state index contributed by atoms with van der Waals surface area (Å²) in [5, 5.41) is 5.72. The lowest BCUT2D eigenvalue weighted by atomic mass is 10.1. The summed E-state index contributed by atoms with van der Waals surface area (Å²) in [5.41, 5.74) is 0.813. The number of benzene rings is 2. The number of hydrogen-bond donors (Lipinski definition) is 1. The van der Waals surface area contributed by atoms with E-state index in [4.69, 9.17) is 11.6 Å². The van der Waals surface area contributed by atoms with Crippen molar-refractivity contribution in [3.8, 4) is 0 Å². The molecule has 2 aliphatic heterocycles. The molecule has 2 fully saturated rings. The third-order valence-electron chi connectivity index (χ3n) is 5.30. The largest absolute Gasteiger partial charge is 0.322 e. The standard InChI is InChI=1S/C19H23ClN4O/c1-22-8-9-23-10-11-24(13-14(23)12-22)19(25)21-18-7-6-17(20)15-4-2-3-5-16(15)18/h2-7,14H,8-13H2,1H3,(H,21,25)/t14-/m1/s1. The van der Waals surface area contributed by atoms with E-state index in [-0.39, 0.29) is 6.03 Å². The number of carbonyl (C=O) groups excluding carboxylic acids is 1. The monoisotopic (exact) mass is 358 g/mol. The summed E-state index contributed by atoms with van der Waals surface area (Å²) in [6, 6.07) is 12.0. The Labute approximate surface area is 153 Å². The number of likely N-dealkylation sites (N-methyl/N-ethyl adjacent to an activating group) is 1. The number of halogens is 1. The Morgan fingerprint density at radius 2 is 1.80 bits per heavy atom. The Hall–Kier alpha value is -1.82. The molecule has 1 N–H and O–H groups in total. The number of urea groups is 1. The van der Waals surface area contributed by atoms with Gasteiger partial charge in [0.05, 0.1) is 5.69 Å². The molecule has 0 aromatic heterocycles. The van der Waals surface area contributed by atoms with Gasteiger partial charge in [0.25, 0.3) is 0 Å². The molecule has 0 unspecified atom stereocenters. The number of nitrogens with one attached hydrogen (secondary N) is 1. The van der Waals surface area contributed by atoms with Gasteiger partial charge in [-0.05, 0) is 19.2 Å². The van der Waals surface area contributed by atoms with Crippen LogP contribution in [0.1, 0.15) is 0 Å². The molecule has 2 amide bonds. The van der Waals surface area contributed by atoms with Crippen LogP contribution < -0.4 is 5.32 Å². The Morgan fingerprint density at radius 3 is 2.64 bits per heavy atom. The van der Waals surface area contributed by atoms with Crippen molar-refractivity contribution in [2.45, 2.75) is 6.04 Å². The van der Waals surface area contributed by atoms with Crippen LogP contribution in [0.5, 0.6) is 0 Å². The fourth-order valence-electron chi connectivity index (χ4n) is 3.86. The predicted molar refractivity (Wildman–Crippen MR) is 102 cm³/mol. The predicted octanol–water partition coefficient (Wildman–Crippen LogP) is 2.96. The van der Waals surface area contributed by atoms with E-state index in [0.29, 0.717) is 11.1 Å². The first-order valence-corrected chi connectivity index (χ1v) is 9.15. The van der Waals surface area contributed by atoms with Crippen LogP contribution >= 0.6 is 11.6 Å². The molecule has 132 valence electrons. The third-order valence-corrected chi connectivity index (χ3v) is 5.63. The Morgan fingerprint density at radius 1 is 1.04 bits per heavy atom. The average Bonchev–Trinajstić information content (AvgIpc) is 2.63. The van der Waals surface area contributed by atoms with Crippen LogP contribution in [-0.2, 0) is 0 Å². The number of nitrogens with zero attached hydrogens (tertiary/aromatic N) is 3. The topological polar surface area (TPSA) is 38.8 Å². The van der Waals surface area contributed by atoms with Crippen LogP contribution in [0.4, 0.5) is 10.5 Å². The van der Waals surface area contributed by atoms with Crippen molar-refractivity contribution in [2.24, 2.45) is 0 Å². The highest BCUT2D eigenvalue weighted by Crippen LogP contribution is 2.30. The van der Waals surface area contributed by atoms with Crippen molar-refractivity contribution in [2.75, 3.05) is 51.6 Å². The maximum Gasteiger partial charge on any atom is 0.321 e. The lowest BCUT2D eigenvalue weighted by Gasteiger charge is -2.46. The lowest BCUT2D eigenvalue weighted by molar-refractivity contribution is 0.0353. The first-order chi connectivity index (χ1) is 12.1. The molecular weight excluding hydrogens is 336 g/mol. The zero-order chi connectivity index (χ0) is 17.4. The fraction of sp³-hybridized carbons (Fsp3) is 0.421. The summed E-state index contributed by atoms with van der Waals surface area (Å²) in [6.07, 6.45) is 0. The summed E-state index contributed by atoms with van der Waals surface area (Å²) in [5.74, 6) is 0. The molecule has 2 aliphatic rings. The van der Waals surface area contributed by atoms with Gasteiger partial charge in [-0.3, -0.25) is 4.90 Å². The van der Waals surface area contributed by atoms with Crippen molar-refractivity contribution in [3.05, 3.63) is 41.4 Å². The van der Waals surface area contributed by atoms with Gasteiger partial charge in [0.2, 0.25) is 0 Å². The molecule has 25 heavy (non-hydrogen) atoms. The number of hydrogen-bond acceptors (Lipinski definition) is 3. The molecule has 4 rings (SSSR count). The molecule has 6 heteroatoms. The van der Waals surface area contributed by atoms with E-state index in [0.717, 1.165) is 55.7 Å². The van der Waals surface area contributed by atoms with E-state index in [9.17, 15) is 4.79 Å². The van der Waals surface area contributed by atoms with Gasteiger partial charge in [0.15, 0.2) is 0 Å². The minimum atomic E-state index is -0.0275. The smallest absolute Gasteiger partial charge is 0.321 e. The molecule has 2 aromatic rings. The third kappa shape index (κ3) is 3.32. The van der Waals surface area contributed by atoms with Gasteiger partial charge in [0, 0.05) is 61.1 Å². The molecule has 1 atom stereocenters. The number of piperazine rings is 2. The molecule has 2 heterocycles. The number of carbonyl (C=O) groups is 1. The number of fused-ring (bicyclic) bond motifs is 2. The average molecular weight is 359 g/mol. The summed E-state index contributed by atoms with van der Waals surface area (Å²) < 4.78 is 0. The van der Waals surface area contributed by atoms with Crippen LogP contribution in [0.25, 0.3) is 10.8 Å². The van der Waals surface area contributed by atoms with E-state index in [1.54, 1.807) is 0 Å². The second kappa shape index (κ2) is 6.83. The Bertz CT molecular complexity index is 796. The van der Waals surface area contributed by atoms with Crippen LogP contribution in [0.3, 0.4) is 0 Å². The van der Waals surface area contributed by atoms with Gasteiger partial charge < -0.3 is 15.1 Å². The molecule has 0 saturated carbocycles. The van der Waals surface area contributed by atoms with Gasteiger partial charge in [-0.25, -0.2) is 4.79 Å². The molecule has 0 aliphatic carbocycles. The Kier molecular flexibility index (Phi) is 4.54. The van der Waals surface area contributed by atoms with Crippen LogP contribution in [0, 0.1) is 0 Å². The van der Waals surface area contributed by atoms with Crippen molar-refractivity contribution >= 4 is 34.1 Å². The maximum atomic E-state index is 12.8. The van der Waals surface area contributed by atoms with Crippen molar-refractivity contribution < 1.29 is 4.79 Å². The molecule has 5 nitrogen and oxygen atoms in total. The van der Waals surface area contributed by atoms with Gasteiger partial charge in [0.1, 0.15) is 0 Å². The van der Waals surface area contributed by atoms with E-state index in [1.165, 1.54) is 0 Å². The Balaban J connectivity index is 1.50. The van der Waals surface area contributed by atoms with Gasteiger partial charge in [-0.15, -0.1) is 0 Å². The zero-order valence-corrected chi connectivity index (χ0v) is 15.2. The molecule has 0 bridgehead atoms. The molecular formula is C19H23ClN4O. The normalized spacial score (nSPS) is 22.0. The summed E-state index contributed by atoms with van der Waals surface area (Å²) in [4.78, 5) is 19.6. The van der Waals surface area contributed by atoms with Gasteiger partial charge >= 0.3 is 6.03 Å². The first kappa shape index (κ1) is 16.6. The summed E-state index contributed by atoms with van der Waals surface area (Å²) >= 11 is 6.27. The minimum absolute atomic E-state index is 0.0275. The van der Waals surface area contributed by atoms with E-state index in [1.807, 2.05) is 41.3 Å². The number of rotatable bonds is 1. The highest BCUT2D eigenvalue weighted by Gasteiger charge is 2.32. The van der Waals surface area contributed by atoms with E-state index >= 15 is 0 Å². The lowest BCUT2D eigenvalue weighted by Crippen LogP contribution is -2.62. The van der Waals surface area contributed by atoms with E-state index in [2.05, 4.69) is 22.2 Å². The second-order valence-corrected chi connectivity index (χ2v) is 7.38.